The van der Waals surface area contributed by atoms with Gasteiger partial charge < -0.3 is 31.2 Å². The molecule has 176 valence electrons. The van der Waals surface area contributed by atoms with Crippen LogP contribution in [0.2, 0.25) is 5.02 Å². The molecule has 1 aromatic rings. The van der Waals surface area contributed by atoms with Crippen LogP contribution in [0, 0.1) is 0 Å². The van der Waals surface area contributed by atoms with Gasteiger partial charge in [-0.25, -0.2) is 8.78 Å². The minimum atomic E-state index is -2.87. The van der Waals surface area contributed by atoms with Crippen molar-refractivity contribution in [3.05, 3.63) is 28.8 Å². The molecular formula is C19H23ClF2N4O6. The van der Waals surface area contributed by atoms with Crippen LogP contribution < -0.4 is 16.4 Å². The average Bonchev–Trinajstić information content (AvgIpc) is 3.00. The number of benzene rings is 1. The Bertz CT molecular complexity index is 870. The minimum Gasteiger partial charge on any atom is -0.481 e. The van der Waals surface area contributed by atoms with Crippen molar-refractivity contribution in [3.63, 3.8) is 0 Å². The molecule has 0 bridgehead atoms. The Hall–Kier alpha value is -3.28. The third-order valence-corrected chi connectivity index (χ3v) is 4.68. The van der Waals surface area contributed by atoms with Gasteiger partial charge in [0.15, 0.2) is 0 Å². The van der Waals surface area contributed by atoms with E-state index in [1.807, 2.05) is 5.32 Å². The lowest BCUT2D eigenvalue weighted by Gasteiger charge is -2.21. The highest BCUT2D eigenvalue weighted by Gasteiger charge is 2.44. The monoisotopic (exact) mass is 476 g/mol. The standard InChI is InChI=1S/C14H16ClF2N3O2.C5H7NO4/c1-8-5-14(16,17)7-20(8)12(21)6-19-13(22)9-2-3-11(18)10(15)4-9;7-2-4(6-3-8)1-5(9)10/h2-4,8H,5-7,18H2,1H3,(H,19,22);2-4H,1H2,(H,6,8)(H,9,10)/t8-;4-/m10/s1. The number of likely N-dealkylation sites (tertiary alicyclic amines) is 1. The second kappa shape index (κ2) is 11.9. The number of aliphatic carboxylic acids is 1. The van der Waals surface area contributed by atoms with Crippen LogP contribution in [-0.4, -0.2) is 71.6 Å². The van der Waals surface area contributed by atoms with Gasteiger partial charge in [0.2, 0.25) is 12.3 Å². The molecule has 1 aliphatic rings. The van der Waals surface area contributed by atoms with E-state index in [1.165, 1.54) is 18.2 Å². The van der Waals surface area contributed by atoms with Crippen molar-refractivity contribution in [2.45, 2.75) is 37.8 Å². The second-order valence-electron chi connectivity index (χ2n) is 6.97. The van der Waals surface area contributed by atoms with Crippen molar-refractivity contribution in [2.75, 3.05) is 18.8 Å². The number of anilines is 1. The molecule has 0 spiro atoms. The van der Waals surface area contributed by atoms with Crippen molar-refractivity contribution in [2.24, 2.45) is 0 Å². The van der Waals surface area contributed by atoms with Gasteiger partial charge in [-0.05, 0) is 25.1 Å². The number of carbonyl (C=O) groups excluding carboxylic acids is 4. The molecule has 1 heterocycles. The number of nitrogens with two attached hydrogens (primary N) is 1. The number of carboxylic acids is 1. The van der Waals surface area contributed by atoms with Crippen LogP contribution in [0.1, 0.15) is 30.1 Å². The number of carboxylic acid groups (broad SMARTS) is 1. The molecule has 0 unspecified atom stereocenters. The van der Waals surface area contributed by atoms with Crippen LogP contribution in [0.4, 0.5) is 14.5 Å². The molecule has 0 aliphatic carbocycles. The Balaban J connectivity index is 0.000000433. The molecule has 2 atom stereocenters. The van der Waals surface area contributed by atoms with Gasteiger partial charge in [-0.3, -0.25) is 19.2 Å². The molecule has 1 aliphatic heterocycles. The molecule has 1 saturated heterocycles. The topological polar surface area (TPSA) is 159 Å². The molecule has 0 saturated carbocycles. The zero-order chi connectivity index (χ0) is 24.5. The normalized spacial score (nSPS) is 17.4. The molecule has 32 heavy (non-hydrogen) atoms. The summed E-state index contributed by atoms with van der Waals surface area (Å²) in [6.45, 7) is 0.595. The quantitative estimate of drug-likeness (QED) is 0.317. The maximum absolute atomic E-state index is 13.2. The average molecular weight is 477 g/mol. The van der Waals surface area contributed by atoms with E-state index in [-0.39, 0.29) is 30.0 Å². The second-order valence-corrected chi connectivity index (χ2v) is 7.38. The molecule has 0 aromatic heterocycles. The zero-order valence-electron chi connectivity index (χ0n) is 17.0. The van der Waals surface area contributed by atoms with E-state index in [4.69, 9.17) is 22.4 Å². The van der Waals surface area contributed by atoms with E-state index in [0.29, 0.717) is 18.4 Å². The van der Waals surface area contributed by atoms with Crippen LogP contribution in [-0.2, 0) is 19.2 Å². The Morgan fingerprint density at radius 3 is 2.50 bits per heavy atom. The van der Waals surface area contributed by atoms with Crippen LogP contribution in [0.5, 0.6) is 0 Å². The first kappa shape index (κ1) is 26.8. The fraction of sp³-hybridized carbons (Fsp3) is 0.421. The molecule has 2 rings (SSSR count). The minimum absolute atomic E-state index is 0.229. The number of aldehydes is 1. The smallest absolute Gasteiger partial charge is 0.305 e. The number of amides is 3. The van der Waals surface area contributed by atoms with Gasteiger partial charge >= 0.3 is 5.97 Å². The lowest BCUT2D eigenvalue weighted by atomic mass is 10.2. The maximum atomic E-state index is 13.2. The van der Waals surface area contributed by atoms with Gasteiger partial charge in [0.05, 0.1) is 36.3 Å². The Morgan fingerprint density at radius 2 is 2.03 bits per heavy atom. The predicted molar refractivity (Wildman–Crippen MR) is 110 cm³/mol. The SMILES string of the molecule is C[C@@H]1CC(F)(F)CN1C(=O)CNC(=O)c1ccc(N)c(Cl)c1.O=CN[C@H](C=O)CC(=O)O. The van der Waals surface area contributed by atoms with Gasteiger partial charge in [0.25, 0.3) is 11.8 Å². The number of hydrogen-bond donors (Lipinski definition) is 4. The fourth-order valence-corrected chi connectivity index (χ4v) is 2.98. The number of rotatable bonds is 8. The van der Waals surface area contributed by atoms with Gasteiger partial charge in [0, 0.05) is 18.0 Å². The van der Waals surface area contributed by atoms with E-state index in [2.05, 4.69) is 5.32 Å². The van der Waals surface area contributed by atoms with E-state index >= 15 is 0 Å². The number of halogens is 3. The lowest BCUT2D eigenvalue weighted by molar-refractivity contribution is -0.138. The zero-order valence-corrected chi connectivity index (χ0v) is 17.8. The highest BCUT2D eigenvalue weighted by Crippen LogP contribution is 2.31. The van der Waals surface area contributed by atoms with Crippen LogP contribution in [0.15, 0.2) is 18.2 Å². The molecular weight excluding hydrogens is 454 g/mol. The van der Waals surface area contributed by atoms with Gasteiger partial charge in [-0.15, -0.1) is 0 Å². The fourth-order valence-electron chi connectivity index (χ4n) is 2.80. The van der Waals surface area contributed by atoms with E-state index in [1.54, 1.807) is 6.92 Å². The maximum Gasteiger partial charge on any atom is 0.305 e. The Kier molecular flexibility index (Phi) is 9.98. The molecule has 10 nitrogen and oxygen atoms in total. The summed E-state index contributed by atoms with van der Waals surface area (Å²) in [7, 11) is 0. The molecule has 1 aromatic carbocycles. The summed E-state index contributed by atoms with van der Waals surface area (Å²) in [6.07, 6.45) is -0.0625. The van der Waals surface area contributed by atoms with E-state index in [0.717, 1.165) is 4.90 Å². The highest BCUT2D eigenvalue weighted by atomic mass is 35.5. The Morgan fingerprint density at radius 1 is 1.38 bits per heavy atom. The lowest BCUT2D eigenvalue weighted by Crippen LogP contribution is -2.42. The third kappa shape index (κ3) is 8.46. The first-order valence-corrected chi connectivity index (χ1v) is 9.65. The molecule has 13 heteroatoms. The number of alkyl halides is 2. The first-order chi connectivity index (χ1) is 14.9. The highest BCUT2D eigenvalue weighted by molar-refractivity contribution is 6.33. The third-order valence-electron chi connectivity index (χ3n) is 4.35. The van der Waals surface area contributed by atoms with Crippen molar-refractivity contribution in [1.82, 2.24) is 15.5 Å². The van der Waals surface area contributed by atoms with Gasteiger partial charge in [0.1, 0.15) is 6.29 Å². The van der Waals surface area contributed by atoms with Crippen molar-refractivity contribution in [1.29, 1.82) is 0 Å². The predicted octanol–water partition coefficient (Wildman–Crippen LogP) is 0.683. The molecule has 0 radical (unpaired) electrons. The van der Waals surface area contributed by atoms with Crippen molar-refractivity contribution in [3.8, 4) is 0 Å². The first-order valence-electron chi connectivity index (χ1n) is 9.27. The van der Waals surface area contributed by atoms with E-state index < -0.39 is 42.3 Å². The summed E-state index contributed by atoms with van der Waals surface area (Å²) in [6, 6.07) is 2.86. The van der Waals surface area contributed by atoms with Gasteiger partial charge in [-0.1, -0.05) is 11.6 Å². The number of nitrogen functional groups attached to an aromatic ring is 1. The summed E-state index contributed by atoms with van der Waals surface area (Å²) in [5, 5.41) is 12.8. The summed E-state index contributed by atoms with van der Waals surface area (Å²) in [4.78, 5) is 54.5. The number of carbonyl (C=O) groups is 5. The molecule has 5 N–H and O–H groups in total. The number of nitrogens with zero attached hydrogens (tertiary/aromatic N) is 1. The van der Waals surface area contributed by atoms with Gasteiger partial charge in [-0.2, -0.15) is 0 Å². The van der Waals surface area contributed by atoms with Crippen molar-refractivity contribution >= 4 is 47.8 Å². The van der Waals surface area contributed by atoms with Crippen molar-refractivity contribution < 1.29 is 37.9 Å². The number of hydrogen-bond acceptors (Lipinski definition) is 6. The summed E-state index contributed by atoms with van der Waals surface area (Å²) in [5.41, 5.74) is 6.12. The summed E-state index contributed by atoms with van der Waals surface area (Å²) >= 11 is 5.81. The van der Waals surface area contributed by atoms with Crippen LogP contribution >= 0.6 is 11.6 Å². The number of nitrogens with one attached hydrogen (secondary N) is 2. The largest absolute Gasteiger partial charge is 0.481 e. The summed E-state index contributed by atoms with van der Waals surface area (Å²) < 4.78 is 26.5. The van der Waals surface area contributed by atoms with Crippen LogP contribution in [0.3, 0.4) is 0 Å². The Labute approximate surface area is 187 Å². The summed E-state index contributed by atoms with van der Waals surface area (Å²) in [5.74, 6) is -5.05. The van der Waals surface area contributed by atoms with E-state index in [9.17, 15) is 32.8 Å². The molecule has 3 amide bonds. The van der Waals surface area contributed by atoms with Crippen LogP contribution in [0.25, 0.3) is 0 Å². The molecule has 1 fully saturated rings.